The molecule has 3 aromatic heterocycles. The number of nitrogens with zero attached hydrogens (tertiary/aromatic N) is 3. The van der Waals surface area contributed by atoms with E-state index < -0.39 is 15.3 Å². The lowest BCUT2D eigenvalue weighted by atomic mass is 10.1. The minimum atomic E-state index is -3.26. The second-order valence-electron chi connectivity index (χ2n) is 6.74. The van der Waals surface area contributed by atoms with Crippen molar-refractivity contribution in [2.75, 3.05) is 18.0 Å². The Balaban J connectivity index is 1.66. The molecule has 25 heavy (non-hydrogen) atoms. The Bertz CT molecular complexity index is 1030. The van der Waals surface area contributed by atoms with Crippen LogP contribution in [0, 0.1) is 0 Å². The van der Waals surface area contributed by atoms with Crippen molar-refractivity contribution in [2.24, 2.45) is 0 Å². The third-order valence-corrected chi connectivity index (χ3v) is 6.65. The van der Waals surface area contributed by atoms with Gasteiger partial charge in [-0.15, -0.1) is 0 Å². The zero-order valence-corrected chi connectivity index (χ0v) is 15.0. The van der Waals surface area contributed by atoms with Gasteiger partial charge in [0, 0.05) is 30.7 Å². The number of anilines is 1. The molecule has 1 atom stereocenters. The van der Waals surface area contributed by atoms with Gasteiger partial charge in [0.05, 0.1) is 34.2 Å². The number of rotatable bonds is 4. The average Bonchev–Trinajstić information content (AvgIpc) is 3.20. The number of pyridine rings is 2. The third kappa shape index (κ3) is 2.85. The fourth-order valence-electron chi connectivity index (χ4n) is 3.31. The van der Waals surface area contributed by atoms with Crippen LogP contribution in [0.2, 0.25) is 0 Å². The lowest BCUT2D eigenvalue weighted by molar-refractivity contribution is 0.553. The summed E-state index contributed by atoms with van der Waals surface area (Å²) in [5, 5.41) is 1.67. The molecule has 8 heteroatoms. The molecule has 1 unspecified atom stereocenters. The van der Waals surface area contributed by atoms with Crippen LogP contribution in [0.3, 0.4) is 0 Å². The summed E-state index contributed by atoms with van der Waals surface area (Å²) in [5.41, 5.74) is 2.69. The summed E-state index contributed by atoms with van der Waals surface area (Å²) < 4.78 is 27.0. The van der Waals surface area contributed by atoms with E-state index >= 15 is 0 Å². The lowest BCUT2D eigenvalue weighted by Gasteiger charge is -2.19. The van der Waals surface area contributed by atoms with Crippen LogP contribution < -0.4 is 9.62 Å². The van der Waals surface area contributed by atoms with Gasteiger partial charge in [0.1, 0.15) is 0 Å². The molecule has 4 heterocycles. The largest absolute Gasteiger partial charge is 0.368 e. The van der Waals surface area contributed by atoms with Gasteiger partial charge in [-0.25, -0.2) is 23.1 Å². The Labute approximate surface area is 146 Å². The number of H-pyrrole nitrogens is 1. The fourth-order valence-corrected chi connectivity index (χ4v) is 4.24. The van der Waals surface area contributed by atoms with Crippen molar-refractivity contribution >= 4 is 37.6 Å². The van der Waals surface area contributed by atoms with Crippen molar-refractivity contribution in [1.82, 2.24) is 19.7 Å². The van der Waals surface area contributed by atoms with E-state index in [1.54, 1.807) is 20.0 Å². The fraction of sp³-hybridized carbons (Fsp3) is 0.412. The Morgan fingerprint density at radius 3 is 2.92 bits per heavy atom. The Hall–Kier alpha value is -2.19. The summed E-state index contributed by atoms with van der Waals surface area (Å²) >= 11 is 0. The highest BCUT2D eigenvalue weighted by Gasteiger charge is 2.29. The van der Waals surface area contributed by atoms with Gasteiger partial charge in [0.25, 0.3) is 0 Å². The first kappa shape index (κ1) is 16.3. The number of hydrogen-bond donors (Lipinski definition) is 2. The molecule has 0 bridgehead atoms. The Morgan fingerprint density at radius 2 is 2.12 bits per heavy atom. The Morgan fingerprint density at radius 1 is 1.32 bits per heavy atom. The minimum Gasteiger partial charge on any atom is -0.368 e. The van der Waals surface area contributed by atoms with E-state index in [1.807, 2.05) is 18.5 Å². The van der Waals surface area contributed by atoms with Crippen LogP contribution in [0.15, 0.2) is 30.7 Å². The molecular formula is C17H21N5O2S. The first-order valence-corrected chi connectivity index (χ1v) is 9.97. The summed E-state index contributed by atoms with van der Waals surface area (Å²) in [5.74, 6) is 0. The molecule has 3 aromatic rings. The van der Waals surface area contributed by atoms with Crippen LogP contribution in [0.25, 0.3) is 21.9 Å². The van der Waals surface area contributed by atoms with Gasteiger partial charge in [-0.05, 0) is 26.3 Å². The normalized spacial score (nSPS) is 18.7. The average molecular weight is 359 g/mol. The van der Waals surface area contributed by atoms with E-state index in [9.17, 15) is 8.42 Å². The molecule has 1 aliphatic rings. The first-order chi connectivity index (χ1) is 12.0. The third-order valence-electron chi connectivity index (χ3n) is 4.74. The molecule has 0 aliphatic carbocycles. The van der Waals surface area contributed by atoms with E-state index in [1.165, 1.54) is 0 Å². The maximum Gasteiger partial charge on any atom is 0.214 e. The van der Waals surface area contributed by atoms with Crippen molar-refractivity contribution in [1.29, 1.82) is 0 Å². The molecule has 7 nitrogen and oxygen atoms in total. The predicted octanol–water partition coefficient (Wildman–Crippen LogP) is 2.02. The van der Waals surface area contributed by atoms with Crippen molar-refractivity contribution in [3.63, 3.8) is 0 Å². The molecule has 132 valence electrons. The van der Waals surface area contributed by atoms with E-state index in [0.29, 0.717) is 12.2 Å². The molecule has 4 rings (SSSR count). The van der Waals surface area contributed by atoms with Gasteiger partial charge in [0.2, 0.25) is 10.0 Å². The summed E-state index contributed by atoms with van der Waals surface area (Å²) in [6, 6.07) is 3.94. The number of hydrogen-bond acceptors (Lipinski definition) is 5. The van der Waals surface area contributed by atoms with Crippen LogP contribution in [0.1, 0.15) is 20.3 Å². The van der Waals surface area contributed by atoms with Crippen molar-refractivity contribution in [3.05, 3.63) is 30.7 Å². The maximum absolute atomic E-state index is 12.1. The van der Waals surface area contributed by atoms with E-state index in [-0.39, 0.29) is 6.04 Å². The van der Waals surface area contributed by atoms with Crippen molar-refractivity contribution in [2.45, 2.75) is 31.6 Å². The van der Waals surface area contributed by atoms with Crippen LogP contribution in [-0.2, 0) is 10.0 Å². The zero-order chi connectivity index (χ0) is 17.6. The summed E-state index contributed by atoms with van der Waals surface area (Å²) in [6.07, 6.45) is 6.28. The predicted molar refractivity (Wildman–Crippen MR) is 99.2 cm³/mol. The molecule has 1 fully saturated rings. The highest BCUT2D eigenvalue weighted by atomic mass is 32.2. The summed E-state index contributed by atoms with van der Waals surface area (Å²) in [4.78, 5) is 14.3. The molecule has 0 radical (unpaired) electrons. The smallest absolute Gasteiger partial charge is 0.214 e. The summed E-state index contributed by atoms with van der Waals surface area (Å²) in [6.45, 7) is 4.81. The molecule has 0 saturated carbocycles. The van der Waals surface area contributed by atoms with Crippen LogP contribution in [0.4, 0.5) is 5.69 Å². The molecular weight excluding hydrogens is 338 g/mol. The number of sulfonamides is 1. The second kappa shape index (κ2) is 5.96. The van der Waals surface area contributed by atoms with Crippen LogP contribution >= 0.6 is 0 Å². The van der Waals surface area contributed by atoms with Gasteiger partial charge in [-0.2, -0.15) is 0 Å². The molecule has 2 N–H and O–H groups in total. The van der Waals surface area contributed by atoms with Crippen molar-refractivity contribution in [3.8, 4) is 0 Å². The van der Waals surface area contributed by atoms with Gasteiger partial charge in [-0.1, -0.05) is 6.07 Å². The standard InChI is InChI=1S/C17H21N5O2S/c1-11(2)25(23,24)21-12-5-7-22(10-12)15-9-20-17-16(15)13-4-3-6-18-14(13)8-19-17/h3-4,6,8-9,11-12,18,21H,5,7,10H2,1-2H3. The SMILES string of the molecule is CC(C)S(=O)(=O)NC1CCN(c2cnc3ncc4[nH]cccc4c23)C1. The molecule has 0 spiro atoms. The maximum atomic E-state index is 12.1. The van der Waals surface area contributed by atoms with E-state index in [4.69, 9.17) is 0 Å². The minimum absolute atomic E-state index is 0.0770. The zero-order valence-electron chi connectivity index (χ0n) is 14.2. The quantitative estimate of drug-likeness (QED) is 0.744. The number of fused-ring (bicyclic) bond motifs is 3. The number of nitrogens with one attached hydrogen (secondary N) is 2. The number of aromatic nitrogens is 3. The molecule has 0 amide bonds. The Kier molecular flexibility index (Phi) is 3.88. The lowest BCUT2D eigenvalue weighted by Crippen LogP contribution is -2.40. The van der Waals surface area contributed by atoms with Gasteiger partial charge >= 0.3 is 0 Å². The molecule has 0 aromatic carbocycles. The van der Waals surface area contributed by atoms with Crippen molar-refractivity contribution < 1.29 is 8.42 Å². The second-order valence-corrected chi connectivity index (χ2v) is 9.01. The topological polar surface area (TPSA) is 91.0 Å². The monoisotopic (exact) mass is 359 g/mol. The molecule has 1 saturated heterocycles. The van der Waals surface area contributed by atoms with Gasteiger partial charge in [-0.3, -0.25) is 0 Å². The van der Waals surface area contributed by atoms with Gasteiger partial charge in [0.15, 0.2) is 5.65 Å². The van der Waals surface area contributed by atoms with E-state index in [0.717, 1.165) is 34.9 Å². The molecule has 1 aliphatic heterocycles. The van der Waals surface area contributed by atoms with Crippen LogP contribution in [0.5, 0.6) is 0 Å². The van der Waals surface area contributed by atoms with E-state index in [2.05, 4.69) is 30.6 Å². The summed E-state index contributed by atoms with van der Waals surface area (Å²) in [7, 11) is -3.26. The van der Waals surface area contributed by atoms with Crippen LogP contribution in [-0.4, -0.2) is 47.8 Å². The number of aromatic amines is 1. The van der Waals surface area contributed by atoms with Gasteiger partial charge < -0.3 is 9.88 Å². The highest BCUT2D eigenvalue weighted by molar-refractivity contribution is 7.90. The highest BCUT2D eigenvalue weighted by Crippen LogP contribution is 2.33. The first-order valence-electron chi connectivity index (χ1n) is 8.42.